The summed E-state index contributed by atoms with van der Waals surface area (Å²) in [5.41, 5.74) is 6.36. The Morgan fingerprint density at radius 2 is 2.25 bits per heavy atom. The minimum Gasteiger partial charge on any atom is -0.618 e. The van der Waals surface area contributed by atoms with Gasteiger partial charge in [0.15, 0.2) is 6.20 Å². The van der Waals surface area contributed by atoms with Gasteiger partial charge in [-0.2, -0.15) is 4.73 Å². The molecular weight excluding hydrogens is 332 g/mol. The van der Waals surface area contributed by atoms with Gasteiger partial charge in [-0.15, -0.1) is 0 Å². The Balaban J connectivity index is 2.10. The number of hydrogen-bond acceptors (Lipinski definition) is 5. The molecule has 0 spiro atoms. The monoisotopic (exact) mass is 348 g/mol. The smallest absolute Gasteiger partial charge is 0.349 e. The highest BCUT2D eigenvalue weighted by Gasteiger charge is 2.52. The fourth-order valence-electron chi connectivity index (χ4n) is 3.07. The highest BCUT2D eigenvalue weighted by molar-refractivity contribution is 6.31. The van der Waals surface area contributed by atoms with Crippen LogP contribution in [0.5, 0.6) is 0 Å². The van der Waals surface area contributed by atoms with Gasteiger partial charge in [-0.1, -0.05) is 11.6 Å². The van der Waals surface area contributed by atoms with Crippen LogP contribution < -0.4 is 10.5 Å². The van der Waals surface area contributed by atoms with E-state index >= 15 is 0 Å². The number of hydrogen-bond donors (Lipinski definition) is 2. The number of ether oxygens (including phenoxy) is 1. The van der Waals surface area contributed by atoms with Crippen molar-refractivity contribution in [3.63, 3.8) is 0 Å². The number of aliphatic hydroxyl groups is 1. The number of fused-ring (bicyclic) bond motifs is 1. The molecule has 7 heteroatoms. The Bertz CT molecular complexity index is 824. The van der Waals surface area contributed by atoms with E-state index in [1.54, 1.807) is 31.2 Å². The lowest BCUT2D eigenvalue weighted by molar-refractivity contribution is -0.620. The van der Waals surface area contributed by atoms with Crippen LogP contribution >= 0.6 is 11.6 Å². The summed E-state index contributed by atoms with van der Waals surface area (Å²) in [6, 6.07) is 6.75. The van der Waals surface area contributed by atoms with E-state index < -0.39 is 11.6 Å². The predicted molar refractivity (Wildman–Crippen MR) is 89.1 cm³/mol. The minimum absolute atomic E-state index is 0.0188. The molecule has 24 heavy (non-hydrogen) atoms. The summed E-state index contributed by atoms with van der Waals surface area (Å²) < 4.78 is 5.43. The van der Waals surface area contributed by atoms with Gasteiger partial charge in [0.05, 0.1) is 6.61 Å². The molecule has 0 radical (unpaired) electrons. The standard InChI is InChI=1S/C17H17ClN2O4/c1-2-24-16(21)17(22)6-5-10-7-11(9-20(23)15(10)17)13-8-12(18)3-4-14(13)19/h3-4,7-9,22H,2,5-6,19H2,1H3. The number of benzene rings is 1. The van der Waals surface area contributed by atoms with Crippen molar-refractivity contribution < 1.29 is 19.4 Å². The zero-order chi connectivity index (χ0) is 17.5. The van der Waals surface area contributed by atoms with Gasteiger partial charge in [0, 0.05) is 33.8 Å². The second-order valence-electron chi connectivity index (χ2n) is 5.74. The largest absolute Gasteiger partial charge is 0.618 e. The number of nitrogens with two attached hydrogens (primary N) is 1. The number of nitrogens with zero attached hydrogens (tertiary/aromatic N) is 1. The molecule has 1 aromatic heterocycles. The molecule has 6 nitrogen and oxygen atoms in total. The van der Waals surface area contributed by atoms with Gasteiger partial charge >= 0.3 is 5.97 Å². The maximum atomic E-state index is 12.5. The van der Waals surface area contributed by atoms with Gasteiger partial charge < -0.3 is 20.8 Å². The molecule has 0 bridgehead atoms. The van der Waals surface area contributed by atoms with Gasteiger partial charge in [0.25, 0.3) is 0 Å². The van der Waals surface area contributed by atoms with Gasteiger partial charge in [0.2, 0.25) is 11.3 Å². The molecule has 1 aliphatic carbocycles. The van der Waals surface area contributed by atoms with Crippen molar-refractivity contribution >= 4 is 23.3 Å². The predicted octanol–water partition coefficient (Wildman–Crippen LogP) is 1.92. The van der Waals surface area contributed by atoms with Crippen LogP contribution in [0.1, 0.15) is 24.6 Å². The number of aromatic nitrogens is 1. The highest BCUT2D eigenvalue weighted by Crippen LogP contribution is 2.38. The Labute approximate surface area is 144 Å². The molecule has 0 saturated heterocycles. The Morgan fingerprint density at radius 1 is 1.50 bits per heavy atom. The normalized spacial score (nSPS) is 19.1. The summed E-state index contributed by atoms with van der Waals surface area (Å²) in [4.78, 5) is 12.1. The Kier molecular flexibility index (Phi) is 4.11. The number of esters is 1. The molecule has 1 atom stereocenters. The van der Waals surface area contributed by atoms with Crippen LogP contribution in [-0.4, -0.2) is 17.7 Å². The van der Waals surface area contributed by atoms with Gasteiger partial charge in [-0.25, -0.2) is 4.79 Å². The van der Waals surface area contributed by atoms with E-state index in [2.05, 4.69) is 0 Å². The lowest BCUT2D eigenvalue weighted by atomic mass is 9.99. The van der Waals surface area contributed by atoms with E-state index in [1.165, 1.54) is 6.20 Å². The molecule has 0 saturated carbocycles. The summed E-state index contributed by atoms with van der Waals surface area (Å²) in [7, 11) is 0. The lowest BCUT2D eigenvalue weighted by Gasteiger charge is -2.20. The van der Waals surface area contributed by atoms with Crippen LogP contribution in [-0.2, 0) is 21.6 Å². The molecule has 3 N–H and O–H groups in total. The van der Waals surface area contributed by atoms with Crippen molar-refractivity contribution in [2.75, 3.05) is 12.3 Å². The lowest BCUT2D eigenvalue weighted by Crippen LogP contribution is -2.46. The molecule has 126 valence electrons. The van der Waals surface area contributed by atoms with Gasteiger partial charge in [-0.05, 0) is 37.6 Å². The van der Waals surface area contributed by atoms with Crippen LogP contribution in [0.4, 0.5) is 5.69 Å². The van der Waals surface area contributed by atoms with E-state index in [0.717, 1.165) is 0 Å². The molecule has 1 aromatic carbocycles. The zero-order valence-electron chi connectivity index (χ0n) is 13.1. The van der Waals surface area contributed by atoms with Gasteiger partial charge in [-0.3, -0.25) is 0 Å². The number of pyridine rings is 1. The fraction of sp³-hybridized carbons (Fsp3) is 0.294. The first-order chi connectivity index (χ1) is 11.4. The molecule has 1 heterocycles. The van der Waals surface area contributed by atoms with Crippen LogP contribution in [0.2, 0.25) is 5.02 Å². The summed E-state index contributed by atoms with van der Waals surface area (Å²) in [5.74, 6) is -0.802. The molecule has 0 fully saturated rings. The molecule has 1 aliphatic rings. The fourth-order valence-corrected chi connectivity index (χ4v) is 3.25. The first-order valence-electron chi connectivity index (χ1n) is 7.58. The second-order valence-corrected chi connectivity index (χ2v) is 6.18. The van der Waals surface area contributed by atoms with Crippen LogP contribution in [0.3, 0.4) is 0 Å². The Morgan fingerprint density at radius 3 is 2.96 bits per heavy atom. The number of carbonyl (C=O) groups is 1. The topological polar surface area (TPSA) is 99.5 Å². The molecule has 2 aromatic rings. The summed E-state index contributed by atoms with van der Waals surface area (Å²) >= 11 is 6.00. The number of nitrogen functional groups attached to an aromatic ring is 1. The third-order valence-corrected chi connectivity index (χ3v) is 4.43. The zero-order valence-corrected chi connectivity index (χ0v) is 13.8. The maximum Gasteiger partial charge on any atom is 0.349 e. The van der Waals surface area contributed by atoms with Crippen molar-refractivity contribution in [3.05, 3.63) is 51.9 Å². The third kappa shape index (κ3) is 2.57. The van der Waals surface area contributed by atoms with E-state index in [4.69, 9.17) is 22.1 Å². The molecule has 3 rings (SSSR count). The second kappa shape index (κ2) is 5.96. The maximum absolute atomic E-state index is 12.5. The first-order valence-corrected chi connectivity index (χ1v) is 7.96. The van der Waals surface area contributed by atoms with E-state index in [0.29, 0.717) is 38.6 Å². The number of halogens is 1. The van der Waals surface area contributed by atoms with Crippen molar-refractivity contribution in [1.82, 2.24) is 0 Å². The Hall–Kier alpha value is -2.31. The van der Waals surface area contributed by atoms with Crippen LogP contribution in [0.15, 0.2) is 30.5 Å². The van der Waals surface area contributed by atoms with Crippen LogP contribution in [0, 0.1) is 5.21 Å². The van der Waals surface area contributed by atoms with Crippen molar-refractivity contribution in [1.29, 1.82) is 0 Å². The average Bonchev–Trinajstić information content (AvgIpc) is 2.89. The number of aryl methyl sites for hydroxylation is 1. The quantitative estimate of drug-likeness (QED) is 0.382. The van der Waals surface area contributed by atoms with E-state index in [-0.39, 0.29) is 18.7 Å². The van der Waals surface area contributed by atoms with Crippen molar-refractivity contribution in [2.24, 2.45) is 0 Å². The van der Waals surface area contributed by atoms with E-state index in [9.17, 15) is 15.1 Å². The molecule has 0 amide bonds. The molecule has 1 unspecified atom stereocenters. The van der Waals surface area contributed by atoms with Crippen molar-refractivity contribution in [2.45, 2.75) is 25.4 Å². The number of rotatable bonds is 3. The van der Waals surface area contributed by atoms with Crippen molar-refractivity contribution in [3.8, 4) is 11.1 Å². The third-order valence-electron chi connectivity index (χ3n) is 4.20. The number of anilines is 1. The molecular formula is C17H17ClN2O4. The average molecular weight is 349 g/mol. The highest BCUT2D eigenvalue weighted by atomic mass is 35.5. The summed E-state index contributed by atoms with van der Waals surface area (Å²) in [6.07, 6.45) is 1.79. The summed E-state index contributed by atoms with van der Waals surface area (Å²) in [6.45, 7) is 1.78. The molecule has 0 aliphatic heterocycles. The summed E-state index contributed by atoms with van der Waals surface area (Å²) in [5, 5.41) is 23.6. The first kappa shape index (κ1) is 16.5. The van der Waals surface area contributed by atoms with Gasteiger partial charge in [0.1, 0.15) is 0 Å². The van der Waals surface area contributed by atoms with E-state index in [1.807, 2.05) is 0 Å². The van der Waals surface area contributed by atoms with Crippen LogP contribution in [0.25, 0.3) is 11.1 Å². The minimum atomic E-state index is -1.91. The number of carbonyl (C=O) groups excluding carboxylic acids is 1. The SMILES string of the molecule is CCOC(=O)C1(O)CCc2cc(-c3cc(Cl)ccc3N)c[n+]([O-])c21.